The van der Waals surface area contributed by atoms with E-state index < -0.39 is 17.0 Å². The summed E-state index contributed by atoms with van der Waals surface area (Å²) in [5.41, 5.74) is 4.71. The number of aromatic nitrogens is 5. The smallest absolute Gasteiger partial charge is 0.332 e. The lowest BCUT2D eigenvalue weighted by molar-refractivity contribution is 0.102. The molecule has 2 heterocycles. The Bertz CT molecular complexity index is 1000. The van der Waals surface area contributed by atoms with E-state index in [0.29, 0.717) is 17.6 Å². The molecule has 1 fully saturated rings. The molecule has 0 spiro atoms. The number of ketones is 1. The van der Waals surface area contributed by atoms with Crippen molar-refractivity contribution in [3.8, 4) is 0 Å². The number of hydrogen-bond acceptors (Lipinski definition) is 7. The molecule has 158 valence electrons. The van der Waals surface area contributed by atoms with Crippen molar-refractivity contribution in [3.05, 3.63) is 32.2 Å². The van der Waals surface area contributed by atoms with Gasteiger partial charge in [-0.25, -0.2) is 9.78 Å². The minimum absolute atomic E-state index is 0.0277. The number of aromatic amines is 1. The van der Waals surface area contributed by atoms with E-state index in [-0.39, 0.29) is 23.1 Å². The Morgan fingerprint density at radius 2 is 2.00 bits per heavy atom. The molecule has 0 saturated heterocycles. The lowest BCUT2D eigenvalue weighted by Crippen LogP contribution is -2.43. The first-order valence-electron chi connectivity index (χ1n) is 9.94. The highest BCUT2D eigenvalue weighted by Gasteiger charge is 2.23. The molecule has 3 rings (SSSR count). The quantitative estimate of drug-likeness (QED) is 0.490. The van der Waals surface area contributed by atoms with Crippen molar-refractivity contribution in [2.45, 2.75) is 57.7 Å². The van der Waals surface area contributed by atoms with Gasteiger partial charge in [0.1, 0.15) is 17.2 Å². The van der Waals surface area contributed by atoms with Crippen LogP contribution in [-0.2, 0) is 20.0 Å². The van der Waals surface area contributed by atoms with Crippen LogP contribution in [0.25, 0.3) is 0 Å². The highest BCUT2D eigenvalue weighted by atomic mass is 32.2. The van der Waals surface area contributed by atoms with E-state index in [0.717, 1.165) is 28.6 Å². The molecule has 0 unspecified atom stereocenters. The minimum Gasteiger partial charge on any atom is -0.384 e. The van der Waals surface area contributed by atoms with Crippen molar-refractivity contribution in [2.24, 2.45) is 18.9 Å². The summed E-state index contributed by atoms with van der Waals surface area (Å²) < 4.78 is 2.22. The monoisotopic (exact) mass is 420 g/mol. The van der Waals surface area contributed by atoms with E-state index in [1.54, 1.807) is 0 Å². The first-order chi connectivity index (χ1) is 13.8. The zero-order chi connectivity index (χ0) is 21.1. The van der Waals surface area contributed by atoms with E-state index in [2.05, 4.69) is 15.2 Å². The van der Waals surface area contributed by atoms with Crippen LogP contribution in [0.4, 0.5) is 5.82 Å². The lowest BCUT2D eigenvalue weighted by atomic mass is 10.0. The Kier molecular flexibility index (Phi) is 6.61. The number of carbonyl (C=O) groups is 1. The van der Waals surface area contributed by atoms with Crippen molar-refractivity contribution < 1.29 is 4.79 Å². The second-order valence-corrected chi connectivity index (χ2v) is 8.99. The van der Waals surface area contributed by atoms with Gasteiger partial charge in [-0.1, -0.05) is 51.3 Å². The first kappa shape index (κ1) is 21.4. The average Bonchev–Trinajstić information content (AvgIpc) is 3.34. The zero-order valence-electron chi connectivity index (χ0n) is 17.1. The number of carbonyl (C=O) groups excluding carboxylic acids is 1. The third kappa shape index (κ3) is 4.80. The number of nitrogens with two attached hydrogens (primary N) is 1. The fraction of sp³-hybridized carbons (Fsp3) is 0.632. The summed E-state index contributed by atoms with van der Waals surface area (Å²) in [7, 11) is 1.36. The van der Waals surface area contributed by atoms with E-state index in [9.17, 15) is 14.4 Å². The summed E-state index contributed by atoms with van der Waals surface area (Å²) in [6, 6.07) is 0. The fourth-order valence-corrected chi connectivity index (χ4v) is 4.40. The van der Waals surface area contributed by atoms with Gasteiger partial charge < -0.3 is 5.73 Å². The van der Waals surface area contributed by atoms with Crippen molar-refractivity contribution >= 4 is 23.4 Å². The van der Waals surface area contributed by atoms with Gasteiger partial charge in [-0.3, -0.25) is 23.8 Å². The summed E-state index contributed by atoms with van der Waals surface area (Å²) >= 11 is 1.16. The van der Waals surface area contributed by atoms with E-state index >= 15 is 0 Å². The number of hydrogen-bond donors (Lipinski definition) is 2. The van der Waals surface area contributed by atoms with Gasteiger partial charge in [0, 0.05) is 20.0 Å². The van der Waals surface area contributed by atoms with Gasteiger partial charge in [0.25, 0.3) is 5.56 Å². The number of rotatable bonds is 8. The Morgan fingerprint density at radius 1 is 1.31 bits per heavy atom. The number of Topliss-reactive ketones (excluding diaryl/α,β-unsaturated/α-hetero) is 1. The molecular weight excluding hydrogens is 392 g/mol. The maximum absolute atomic E-state index is 12.8. The molecule has 1 aliphatic rings. The first-order valence-corrected chi connectivity index (χ1v) is 10.9. The molecule has 0 aromatic carbocycles. The molecule has 0 radical (unpaired) electrons. The molecule has 0 atom stereocenters. The van der Waals surface area contributed by atoms with Crippen LogP contribution in [0, 0.1) is 11.8 Å². The zero-order valence-corrected chi connectivity index (χ0v) is 17.9. The molecule has 0 bridgehead atoms. The fourth-order valence-electron chi connectivity index (χ4n) is 3.71. The number of H-pyrrole nitrogens is 1. The number of nitrogens with one attached hydrogen (secondary N) is 1. The largest absolute Gasteiger partial charge is 0.384 e. The van der Waals surface area contributed by atoms with Gasteiger partial charge in [0.05, 0.1) is 5.75 Å². The van der Waals surface area contributed by atoms with Crippen LogP contribution in [-0.4, -0.2) is 35.9 Å². The summed E-state index contributed by atoms with van der Waals surface area (Å²) in [4.78, 5) is 42.0. The summed E-state index contributed by atoms with van der Waals surface area (Å²) in [6.07, 6.45) is 5.84. The highest BCUT2D eigenvalue weighted by molar-refractivity contribution is 7.99. The lowest BCUT2D eigenvalue weighted by Gasteiger charge is -2.15. The molecule has 0 amide bonds. The van der Waals surface area contributed by atoms with Crippen molar-refractivity contribution in [1.29, 1.82) is 0 Å². The third-order valence-corrected chi connectivity index (χ3v) is 6.06. The van der Waals surface area contributed by atoms with Gasteiger partial charge in [0.15, 0.2) is 5.78 Å². The molecule has 1 aliphatic carbocycles. The van der Waals surface area contributed by atoms with Gasteiger partial charge >= 0.3 is 5.69 Å². The molecular formula is C19H28N6O3S. The van der Waals surface area contributed by atoms with Crippen LogP contribution < -0.4 is 17.0 Å². The third-order valence-electron chi connectivity index (χ3n) is 5.21. The molecule has 10 heteroatoms. The average molecular weight is 421 g/mol. The maximum Gasteiger partial charge on any atom is 0.332 e. The standard InChI is InChI=1S/C19H28N6O3S/c1-11(2)9-25-16(20)15(17(27)24(3)19(25)28)13(26)10-29-18-21-14(22-23-18)8-12-6-4-5-7-12/h11-12H,4-10,20H2,1-3H3,(H,21,22,23). The Hall–Kier alpha value is -2.36. The predicted octanol–water partition coefficient (Wildman–Crippen LogP) is 1.61. The van der Waals surface area contributed by atoms with E-state index in [1.165, 1.54) is 37.3 Å². The molecule has 3 N–H and O–H groups in total. The molecule has 9 nitrogen and oxygen atoms in total. The van der Waals surface area contributed by atoms with Crippen LogP contribution >= 0.6 is 11.8 Å². The van der Waals surface area contributed by atoms with E-state index in [1.807, 2.05) is 13.8 Å². The highest BCUT2D eigenvalue weighted by Crippen LogP contribution is 2.27. The molecule has 2 aromatic rings. The summed E-state index contributed by atoms with van der Waals surface area (Å²) in [5, 5.41) is 7.57. The van der Waals surface area contributed by atoms with Crippen LogP contribution in [0.3, 0.4) is 0 Å². The van der Waals surface area contributed by atoms with Crippen LogP contribution in [0.5, 0.6) is 0 Å². The number of thioether (sulfide) groups is 1. The van der Waals surface area contributed by atoms with Crippen molar-refractivity contribution in [2.75, 3.05) is 11.5 Å². The number of nitrogens with zero attached hydrogens (tertiary/aromatic N) is 4. The summed E-state index contributed by atoms with van der Waals surface area (Å²) in [5.74, 6) is 1.07. The van der Waals surface area contributed by atoms with Crippen molar-refractivity contribution in [1.82, 2.24) is 24.3 Å². The van der Waals surface area contributed by atoms with Crippen LogP contribution in [0.1, 0.15) is 55.7 Å². The number of nitrogen functional groups attached to an aromatic ring is 1. The molecule has 0 aliphatic heterocycles. The maximum atomic E-state index is 12.8. The Balaban J connectivity index is 1.74. The van der Waals surface area contributed by atoms with Gasteiger partial charge in [-0.15, -0.1) is 5.10 Å². The second-order valence-electron chi connectivity index (χ2n) is 8.04. The van der Waals surface area contributed by atoms with Crippen molar-refractivity contribution in [3.63, 3.8) is 0 Å². The van der Waals surface area contributed by atoms with E-state index in [4.69, 9.17) is 5.73 Å². The normalized spacial score (nSPS) is 14.8. The predicted molar refractivity (Wildman–Crippen MR) is 112 cm³/mol. The van der Waals surface area contributed by atoms with Gasteiger partial charge in [-0.05, 0) is 11.8 Å². The second kappa shape index (κ2) is 8.98. The Morgan fingerprint density at radius 3 is 2.66 bits per heavy atom. The molecule has 1 saturated carbocycles. The molecule has 2 aromatic heterocycles. The van der Waals surface area contributed by atoms with Gasteiger partial charge in [0.2, 0.25) is 5.16 Å². The van der Waals surface area contributed by atoms with Gasteiger partial charge in [-0.2, -0.15) is 0 Å². The minimum atomic E-state index is -0.671. The molecule has 29 heavy (non-hydrogen) atoms. The summed E-state index contributed by atoms with van der Waals surface area (Å²) in [6.45, 7) is 4.19. The Labute approximate surface area is 173 Å². The number of anilines is 1. The van der Waals surface area contributed by atoms with Crippen LogP contribution in [0.15, 0.2) is 14.7 Å². The van der Waals surface area contributed by atoms with Crippen LogP contribution in [0.2, 0.25) is 0 Å². The topological polar surface area (TPSA) is 129 Å². The SMILES string of the molecule is CC(C)Cn1c(N)c(C(=O)CSc2n[nH]c(CC3CCCC3)n2)c(=O)n(C)c1=O.